The average Bonchev–Trinajstić information content (AvgIpc) is 2.27. The van der Waals surface area contributed by atoms with Gasteiger partial charge in [-0.1, -0.05) is 0 Å². The highest BCUT2D eigenvalue weighted by atomic mass is 32.2. The summed E-state index contributed by atoms with van der Waals surface area (Å²) in [5, 5.41) is 16.8. The molecule has 1 rings (SSSR count). The summed E-state index contributed by atoms with van der Waals surface area (Å²) in [4.78, 5) is 11.0. The summed E-state index contributed by atoms with van der Waals surface area (Å²) in [5.41, 5.74) is 7.14. The van der Waals surface area contributed by atoms with Crippen molar-refractivity contribution in [3.8, 4) is 0 Å². The molecule has 0 spiro atoms. The molecule has 0 saturated carbocycles. The lowest BCUT2D eigenvalue weighted by molar-refractivity contribution is 0.0698. The summed E-state index contributed by atoms with van der Waals surface area (Å²) >= 11 is 0. The molecule has 1 aromatic carbocycles. The highest BCUT2D eigenvalue weighted by Crippen LogP contribution is 2.22. The standard InChI is InChI=1S/C11H17N3O4S/c1-7-5-8(6-9(10(7)12)11(15)16)14-3-2-4-19(13,17)18/h5-6,14H,2-4,12H2,1H3,(H,15,16)(H2,13,17,18). The summed E-state index contributed by atoms with van der Waals surface area (Å²) in [7, 11) is -3.47. The number of carbonyl (C=O) groups is 1. The first kappa shape index (κ1) is 15.3. The van der Waals surface area contributed by atoms with E-state index in [0.29, 0.717) is 24.2 Å². The van der Waals surface area contributed by atoms with E-state index in [1.807, 2.05) is 0 Å². The van der Waals surface area contributed by atoms with E-state index in [9.17, 15) is 13.2 Å². The molecule has 0 heterocycles. The maximum Gasteiger partial charge on any atom is 0.337 e. The fraction of sp³-hybridized carbons (Fsp3) is 0.364. The van der Waals surface area contributed by atoms with Gasteiger partial charge in [-0.25, -0.2) is 18.4 Å². The molecule has 0 aliphatic heterocycles. The number of benzene rings is 1. The third-order valence-electron chi connectivity index (χ3n) is 2.55. The van der Waals surface area contributed by atoms with Crippen LogP contribution in [-0.2, 0) is 10.0 Å². The Morgan fingerprint density at radius 3 is 2.58 bits per heavy atom. The number of sulfonamides is 1. The monoisotopic (exact) mass is 287 g/mol. The summed E-state index contributed by atoms with van der Waals surface area (Å²) in [6.45, 7) is 2.08. The van der Waals surface area contributed by atoms with Gasteiger partial charge >= 0.3 is 5.97 Å². The molecule has 19 heavy (non-hydrogen) atoms. The molecule has 8 heteroatoms. The molecule has 0 aliphatic carbocycles. The van der Waals surface area contributed by atoms with Crippen molar-refractivity contribution >= 4 is 27.4 Å². The Labute approximate surface area is 111 Å². The lowest BCUT2D eigenvalue weighted by atomic mass is 10.1. The molecule has 7 nitrogen and oxygen atoms in total. The molecule has 106 valence electrons. The number of aryl methyl sites for hydroxylation is 1. The maximum atomic E-state index is 11.0. The first-order valence-electron chi connectivity index (χ1n) is 5.58. The lowest BCUT2D eigenvalue weighted by Gasteiger charge is -2.11. The van der Waals surface area contributed by atoms with Crippen LogP contribution < -0.4 is 16.2 Å². The largest absolute Gasteiger partial charge is 0.478 e. The van der Waals surface area contributed by atoms with Crippen molar-refractivity contribution in [1.29, 1.82) is 0 Å². The third-order valence-corrected chi connectivity index (χ3v) is 3.41. The Balaban J connectivity index is 2.72. The molecule has 0 aliphatic rings. The smallest absolute Gasteiger partial charge is 0.337 e. The van der Waals surface area contributed by atoms with Gasteiger partial charge in [0.25, 0.3) is 0 Å². The summed E-state index contributed by atoms with van der Waals surface area (Å²) in [5.74, 6) is -1.23. The molecule has 1 aromatic rings. The van der Waals surface area contributed by atoms with Gasteiger partial charge in [0.15, 0.2) is 0 Å². The normalized spacial score (nSPS) is 11.3. The van der Waals surface area contributed by atoms with Crippen LogP contribution in [0.4, 0.5) is 11.4 Å². The van der Waals surface area contributed by atoms with Crippen molar-refractivity contribution in [1.82, 2.24) is 0 Å². The Morgan fingerprint density at radius 1 is 1.42 bits per heavy atom. The van der Waals surface area contributed by atoms with Crippen LogP contribution in [0.1, 0.15) is 22.3 Å². The summed E-state index contributed by atoms with van der Waals surface area (Å²) in [6.07, 6.45) is 0.338. The molecule has 0 amide bonds. The highest BCUT2D eigenvalue weighted by molar-refractivity contribution is 7.89. The fourth-order valence-corrected chi connectivity index (χ4v) is 2.13. The van der Waals surface area contributed by atoms with Crippen LogP contribution in [0.2, 0.25) is 0 Å². The predicted molar refractivity (Wildman–Crippen MR) is 73.6 cm³/mol. The fourth-order valence-electron chi connectivity index (χ4n) is 1.58. The van der Waals surface area contributed by atoms with Crippen LogP contribution in [0.3, 0.4) is 0 Å². The van der Waals surface area contributed by atoms with Crippen molar-refractivity contribution < 1.29 is 18.3 Å². The van der Waals surface area contributed by atoms with Gasteiger partial charge in [-0.05, 0) is 31.0 Å². The van der Waals surface area contributed by atoms with Gasteiger partial charge < -0.3 is 16.2 Å². The number of aromatic carboxylic acids is 1. The number of hydrogen-bond donors (Lipinski definition) is 4. The van der Waals surface area contributed by atoms with E-state index in [1.165, 1.54) is 6.07 Å². The van der Waals surface area contributed by atoms with Crippen LogP contribution in [0.25, 0.3) is 0 Å². The molecule has 6 N–H and O–H groups in total. The summed E-state index contributed by atoms with van der Waals surface area (Å²) < 4.78 is 21.5. The minimum Gasteiger partial charge on any atom is -0.478 e. The Bertz CT molecular complexity index is 584. The number of nitrogens with two attached hydrogens (primary N) is 2. The first-order chi connectivity index (χ1) is 8.70. The van der Waals surface area contributed by atoms with Crippen molar-refractivity contribution in [3.05, 3.63) is 23.3 Å². The van der Waals surface area contributed by atoms with E-state index < -0.39 is 16.0 Å². The zero-order valence-corrected chi connectivity index (χ0v) is 11.3. The highest BCUT2D eigenvalue weighted by Gasteiger charge is 2.11. The number of rotatable bonds is 6. The van der Waals surface area contributed by atoms with Gasteiger partial charge in [0.05, 0.1) is 11.3 Å². The van der Waals surface area contributed by atoms with Gasteiger partial charge in [-0.3, -0.25) is 0 Å². The van der Waals surface area contributed by atoms with Crippen molar-refractivity contribution in [2.45, 2.75) is 13.3 Å². The van der Waals surface area contributed by atoms with Crippen molar-refractivity contribution in [2.24, 2.45) is 5.14 Å². The number of nitrogens with one attached hydrogen (secondary N) is 1. The van der Waals surface area contributed by atoms with Crippen molar-refractivity contribution in [3.63, 3.8) is 0 Å². The number of hydrogen-bond acceptors (Lipinski definition) is 5. The number of primary sulfonamides is 1. The van der Waals surface area contributed by atoms with Crippen LogP contribution in [0, 0.1) is 6.92 Å². The molecular formula is C11H17N3O4S. The predicted octanol–water partition coefficient (Wildman–Crippen LogP) is 0.366. The summed E-state index contributed by atoms with van der Waals surface area (Å²) in [6, 6.07) is 3.13. The van der Waals surface area contributed by atoms with E-state index in [2.05, 4.69) is 5.32 Å². The first-order valence-corrected chi connectivity index (χ1v) is 7.30. The minimum absolute atomic E-state index is 0.0222. The zero-order chi connectivity index (χ0) is 14.6. The Hall–Kier alpha value is -1.80. The third kappa shape index (κ3) is 4.76. The number of anilines is 2. The Kier molecular flexibility index (Phi) is 4.73. The van der Waals surface area contributed by atoms with E-state index >= 15 is 0 Å². The van der Waals surface area contributed by atoms with E-state index in [0.717, 1.165) is 0 Å². The van der Waals surface area contributed by atoms with Gasteiger partial charge in [0.1, 0.15) is 0 Å². The van der Waals surface area contributed by atoms with Crippen LogP contribution in [-0.4, -0.2) is 31.8 Å². The number of carboxylic acids is 1. The van der Waals surface area contributed by atoms with Crippen LogP contribution >= 0.6 is 0 Å². The molecule has 0 radical (unpaired) electrons. The van der Waals surface area contributed by atoms with Gasteiger partial charge in [0, 0.05) is 17.9 Å². The topological polar surface area (TPSA) is 136 Å². The second-order valence-electron chi connectivity index (χ2n) is 4.21. The van der Waals surface area contributed by atoms with E-state index in [1.54, 1.807) is 13.0 Å². The van der Waals surface area contributed by atoms with Gasteiger partial charge in [-0.2, -0.15) is 0 Å². The molecule has 0 bridgehead atoms. The molecule has 0 saturated heterocycles. The number of carboxylic acid groups (broad SMARTS) is 1. The zero-order valence-electron chi connectivity index (χ0n) is 10.5. The number of nitrogen functional groups attached to an aromatic ring is 1. The second-order valence-corrected chi connectivity index (χ2v) is 5.94. The quantitative estimate of drug-likeness (QED) is 0.441. The average molecular weight is 287 g/mol. The van der Waals surface area contributed by atoms with Gasteiger partial charge in [-0.15, -0.1) is 0 Å². The van der Waals surface area contributed by atoms with Crippen LogP contribution in [0.15, 0.2) is 12.1 Å². The van der Waals surface area contributed by atoms with Crippen molar-refractivity contribution in [2.75, 3.05) is 23.3 Å². The molecule has 0 unspecified atom stereocenters. The SMILES string of the molecule is Cc1cc(NCCCS(N)(=O)=O)cc(C(=O)O)c1N. The van der Waals surface area contributed by atoms with Gasteiger partial charge in [0.2, 0.25) is 10.0 Å². The van der Waals surface area contributed by atoms with Crippen LogP contribution in [0.5, 0.6) is 0 Å². The molecule has 0 atom stereocenters. The lowest BCUT2D eigenvalue weighted by Crippen LogP contribution is -2.18. The second kappa shape index (κ2) is 5.89. The molecular weight excluding hydrogens is 270 g/mol. The maximum absolute atomic E-state index is 11.0. The Morgan fingerprint density at radius 2 is 2.05 bits per heavy atom. The van der Waals surface area contributed by atoms with E-state index in [4.69, 9.17) is 16.0 Å². The van der Waals surface area contributed by atoms with E-state index in [-0.39, 0.29) is 17.0 Å². The molecule has 0 aromatic heterocycles. The molecule has 0 fully saturated rings. The minimum atomic E-state index is -3.47.